The van der Waals surface area contributed by atoms with E-state index in [1.165, 1.54) is 0 Å². The van der Waals surface area contributed by atoms with E-state index in [9.17, 15) is 13.6 Å². The summed E-state index contributed by atoms with van der Waals surface area (Å²) in [6.45, 7) is 2.01. The number of rotatable bonds is 6. The summed E-state index contributed by atoms with van der Waals surface area (Å²) >= 11 is 0. The molecule has 0 saturated carbocycles. The van der Waals surface area contributed by atoms with Gasteiger partial charge in [0.15, 0.2) is 0 Å². The Kier molecular flexibility index (Phi) is 5.57. The smallest absolute Gasteiger partial charge is 0.261 e. The Labute approximate surface area is 159 Å². The van der Waals surface area contributed by atoms with E-state index in [-0.39, 0.29) is 10.6 Å². The number of anilines is 1. The molecule has 0 heterocycles. The van der Waals surface area contributed by atoms with Crippen molar-refractivity contribution in [3.05, 3.63) is 95.6 Å². The molecule has 3 rings (SSSR count). The van der Waals surface area contributed by atoms with Crippen LogP contribution in [0.2, 0.25) is 0 Å². The summed E-state index contributed by atoms with van der Waals surface area (Å²) in [6, 6.07) is 22.7. The molecule has 5 nitrogen and oxygen atoms in total. The van der Waals surface area contributed by atoms with Gasteiger partial charge in [0.05, 0.1) is 10.6 Å². The fourth-order valence-electron chi connectivity index (χ4n) is 2.75. The third-order valence-electron chi connectivity index (χ3n) is 4.22. The zero-order valence-corrected chi connectivity index (χ0v) is 15.6. The summed E-state index contributed by atoms with van der Waals surface area (Å²) in [5.74, 6) is 0. The molecule has 138 valence electrons. The lowest BCUT2D eigenvalue weighted by atomic mass is 10.0. The van der Waals surface area contributed by atoms with Crippen molar-refractivity contribution in [1.29, 1.82) is 0 Å². The summed E-state index contributed by atoms with van der Waals surface area (Å²) in [5.41, 5.74) is 2.86. The average Bonchev–Trinajstić information content (AvgIpc) is 2.70. The Balaban J connectivity index is 1.98. The van der Waals surface area contributed by atoms with Crippen LogP contribution < -0.4 is 4.72 Å². The minimum Gasteiger partial charge on any atom is -0.410 e. The molecule has 0 aliphatic carbocycles. The third kappa shape index (κ3) is 4.17. The highest BCUT2D eigenvalue weighted by atomic mass is 32.2. The first kappa shape index (κ1) is 18.7. The van der Waals surface area contributed by atoms with Crippen molar-refractivity contribution in [1.82, 2.24) is 0 Å². The Hall–Kier alpha value is -3.12. The molecule has 27 heavy (non-hydrogen) atoms. The van der Waals surface area contributed by atoms with E-state index < -0.39 is 10.0 Å². The van der Waals surface area contributed by atoms with Crippen LogP contribution >= 0.6 is 0 Å². The van der Waals surface area contributed by atoms with Gasteiger partial charge in [0, 0.05) is 11.1 Å². The normalized spacial score (nSPS) is 12.0. The van der Waals surface area contributed by atoms with E-state index in [2.05, 4.69) is 9.88 Å². The molecule has 0 aliphatic heterocycles. The number of hydrogen-bond donors (Lipinski definition) is 2. The van der Waals surface area contributed by atoms with Crippen LogP contribution in [0.1, 0.15) is 23.6 Å². The Morgan fingerprint density at radius 3 is 2.19 bits per heavy atom. The maximum atomic E-state index is 12.8. The number of hydrogen-bond acceptors (Lipinski definition) is 4. The first-order valence-corrected chi connectivity index (χ1v) is 10.0. The summed E-state index contributed by atoms with van der Waals surface area (Å²) in [7, 11) is -3.77. The second-order valence-electron chi connectivity index (χ2n) is 5.96. The molecule has 3 aromatic rings. The highest BCUT2D eigenvalue weighted by Crippen LogP contribution is 2.23. The number of nitrogens with one attached hydrogen (secondary N) is 1. The van der Waals surface area contributed by atoms with Gasteiger partial charge in [-0.05, 0) is 30.2 Å². The number of sulfonamides is 1. The number of benzene rings is 3. The summed E-state index contributed by atoms with van der Waals surface area (Å²) in [6.07, 6.45) is 0.837. The van der Waals surface area contributed by atoms with Crippen LogP contribution in [0.25, 0.3) is 0 Å². The molecule has 0 aliphatic rings. The second kappa shape index (κ2) is 8.05. The van der Waals surface area contributed by atoms with E-state index in [4.69, 9.17) is 0 Å². The van der Waals surface area contributed by atoms with Crippen LogP contribution in [0.5, 0.6) is 0 Å². The van der Waals surface area contributed by atoms with E-state index in [0.717, 1.165) is 12.0 Å². The van der Waals surface area contributed by atoms with E-state index in [1.54, 1.807) is 60.7 Å². The van der Waals surface area contributed by atoms with Gasteiger partial charge in [-0.25, -0.2) is 8.42 Å². The minimum atomic E-state index is -3.77. The number of para-hydroxylation sites is 1. The van der Waals surface area contributed by atoms with E-state index in [1.807, 2.05) is 25.1 Å². The molecular weight excluding hydrogens is 360 g/mol. The van der Waals surface area contributed by atoms with Gasteiger partial charge < -0.3 is 5.21 Å². The van der Waals surface area contributed by atoms with Crippen LogP contribution in [0, 0.1) is 0 Å². The van der Waals surface area contributed by atoms with Gasteiger partial charge >= 0.3 is 0 Å². The molecule has 0 atom stereocenters. The van der Waals surface area contributed by atoms with Crippen LogP contribution in [0.15, 0.2) is 88.9 Å². The molecule has 6 heteroatoms. The number of aryl methyl sites for hydroxylation is 1. The molecule has 0 saturated heterocycles. The first-order valence-electron chi connectivity index (χ1n) is 8.54. The fourth-order valence-corrected chi connectivity index (χ4v) is 3.83. The molecule has 0 radical (unpaired) electrons. The van der Waals surface area contributed by atoms with Crippen molar-refractivity contribution < 1.29 is 13.6 Å². The topological polar surface area (TPSA) is 78.8 Å². The van der Waals surface area contributed by atoms with Crippen molar-refractivity contribution in [2.45, 2.75) is 18.2 Å². The van der Waals surface area contributed by atoms with Crippen molar-refractivity contribution >= 4 is 21.4 Å². The van der Waals surface area contributed by atoms with Crippen molar-refractivity contribution in [2.24, 2.45) is 5.16 Å². The van der Waals surface area contributed by atoms with Gasteiger partial charge in [-0.1, -0.05) is 72.7 Å². The Bertz CT molecular complexity index is 1040. The third-order valence-corrected chi connectivity index (χ3v) is 5.60. The predicted octanol–water partition coefficient (Wildman–Crippen LogP) is 4.28. The Morgan fingerprint density at radius 1 is 0.926 bits per heavy atom. The lowest BCUT2D eigenvalue weighted by Crippen LogP contribution is -2.16. The lowest BCUT2D eigenvalue weighted by molar-refractivity contribution is 0.319. The van der Waals surface area contributed by atoms with Crippen LogP contribution in [-0.2, 0) is 16.4 Å². The maximum Gasteiger partial charge on any atom is 0.261 e. The van der Waals surface area contributed by atoms with Crippen molar-refractivity contribution in [3.8, 4) is 0 Å². The van der Waals surface area contributed by atoms with Gasteiger partial charge in [0.25, 0.3) is 10.0 Å². The quantitative estimate of drug-likeness (QED) is 0.381. The van der Waals surface area contributed by atoms with Crippen LogP contribution in [0.3, 0.4) is 0 Å². The SMILES string of the molecule is CCc1ccc(S(=O)(=O)Nc2ccccc2/C(=N/O)c2ccccc2)cc1. The molecular formula is C21H20N2O3S. The Morgan fingerprint density at radius 2 is 1.56 bits per heavy atom. The molecule has 0 aromatic heterocycles. The van der Waals surface area contributed by atoms with Gasteiger partial charge in [-0.2, -0.15) is 0 Å². The average molecular weight is 380 g/mol. The lowest BCUT2D eigenvalue weighted by Gasteiger charge is -2.14. The van der Waals surface area contributed by atoms with Gasteiger partial charge in [-0.15, -0.1) is 0 Å². The molecule has 3 aromatic carbocycles. The maximum absolute atomic E-state index is 12.8. The zero-order chi connectivity index (χ0) is 19.3. The summed E-state index contributed by atoms with van der Waals surface area (Å²) in [4.78, 5) is 0.178. The number of oxime groups is 1. The summed E-state index contributed by atoms with van der Waals surface area (Å²) in [5, 5.41) is 12.9. The zero-order valence-electron chi connectivity index (χ0n) is 14.8. The van der Waals surface area contributed by atoms with Gasteiger partial charge in [0.1, 0.15) is 5.71 Å². The monoisotopic (exact) mass is 380 g/mol. The molecule has 0 unspecified atom stereocenters. The first-order chi connectivity index (χ1) is 13.0. The summed E-state index contributed by atoms with van der Waals surface area (Å²) < 4.78 is 28.2. The van der Waals surface area contributed by atoms with Gasteiger partial charge in [-0.3, -0.25) is 4.72 Å². The van der Waals surface area contributed by atoms with E-state index in [0.29, 0.717) is 16.8 Å². The molecule has 0 bridgehead atoms. The molecule has 2 N–H and O–H groups in total. The fraction of sp³-hybridized carbons (Fsp3) is 0.0952. The largest absolute Gasteiger partial charge is 0.410 e. The number of nitrogens with zero attached hydrogens (tertiary/aromatic N) is 1. The van der Waals surface area contributed by atoms with E-state index >= 15 is 0 Å². The second-order valence-corrected chi connectivity index (χ2v) is 7.65. The molecule has 0 spiro atoms. The predicted molar refractivity (Wildman–Crippen MR) is 107 cm³/mol. The highest BCUT2D eigenvalue weighted by Gasteiger charge is 2.18. The highest BCUT2D eigenvalue weighted by molar-refractivity contribution is 7.92. The van der Waals surface area contributed by atoms with Crippen LogP contribution in [-0.4, -0.2) is 19.3 Å². The molecule has 0 fully saturated rings. The minimum absolute atomic E-state index is 0.178. The molecule has 0 amide bonds. The van der Waals surface area contributed by atoms with Crippen molar-refractivity contribution in [3.63, 3.8) is 0 Å². The van der Waals surface area contributed by atoms with Crippen LogP contribution in [0.4, 0.5) is 5.69 Å². The van der Waals surface area contributed by atoms with Crippen molar-refractivity contribution in [2.75, 3.05) is 4.72 Å². The van der Waals surface area contributed by atoms with Gasteiger partial charge in [0.2, 0.25) is 0 Å². The standard InChI is InChI=1S/C21H20N2O3S/c1-2-16-12-14-18(15-13-16)27(25,26)23-20-11-7-6-10-19(20)21(22-24)17-8-4-3-5-9-17/h3-15,23-24H,2H2,1H3/b22-21+.